The van der Waals surface area contributed by atoms with E-state index in [1.54, 1.807) is 0 Å². The van der Waals surface area contributed by atoms with Gasteiger partial charge in [0.05, 0.1) is 0 Å². The fourth-order valence-electron chi connectivity index (χ4n) is 3.23. The van der Waals surface area contributed by atoms with Gasteiger partial charge in [-0.2, -0.15) is 11.8 Å². The number of rotatable bonds is 2. The number of halogens is 1. The van der Waals surface area contributed by atoms with E-state index in [-0.39, 0.29) is 5.82 Å². The summed E-state index contributed by atoms with van der Waals surface area (Å²) in [6.45, 7) is 0.781. The Morgan fingerprint density at radius 3 is 2.68 bits per heavy atom. The molecule has 102 valence electrons. The summed E-state index contributed by atoms with van der Waals surface area (Å²) in [5.41, 5.74) is 1.88. The van der Waals surface area contributed by atoms with Crippen LogP contribution >= 0.6 is 11.8 Å². The van der Waals surface area contributed by atoms with Gasteiger partial charge in [0.25, 0.3) is 0 Å². The molecule has 0 atom stereocenters. The zero-order valence-corrected chi connectivity index (χ0v) is 12.0. The van der Waals surface area contributed by atoms with Crippen molar-refractivity contribution < 1.29 is 4.39 Å². The molecule has 1 fully saturated rings. The molecule has 1 aliphatic carbocycles. The maximum absolute atomic E-state index is 13.3. The van der Waals surface area contributed by atoms with Crippen molar-refractivity contribution in [2.24, 2.45) is 0 Å². The number of hydrogen-bond acceptors (Lipinski definition) is 2. The number of benzene rings is 1. The van der Waals surface area contributed by atoms with Crippen LogP contribution in [0.4, 0.5) is 4.39 Å². The van der Waals surface area contributed by atoms with Crippen LogP contribution in [0.25, 0.3) is 0 Å². The summed E-state index contributed by atoms with van der Waals surface area (Å²) in [6, 6.07) is 5.30. The first kappa shape index (κ1) is 13.0. The molecule has 1 heterocycles. The van der Waals surface area contributed by atoms with Gasteiger partial charge < -0.3 is 4.90 Å². The van der Waals surface area contributed by atoms with E-state index in [2.05, 4.69) is 11.2 Å². The number of amidine groups is 1. The highest BCUT2D eigenvalue weighted by Gasteiger charge is 2.32. The Morgan fingerprint density at radius 1 is 1.26 bits per heavy atom. The molecular weight excluding hydrogens is 259 g/mol. The molecule has 1 N–H and O–H groups in total. The molecule has 4 heteroatoms. The highest BCUT2D eigenvalue weighted by molar-refractivity contribution is 7.99. The number of nitrogens with one attached hydrogen (secondary N) is 1. The van der Waals surface area contributed by atoms with Crippen molar-refractivity contribution in [2.45, 2.75) is 43.5 Å². The number of thioether (sulfide) groups is 1. The maximum atomic E-state index is 13.3. The standard InChI is InChI=1S/C15H19FN2S/c1-19-13-6-4-12(5-7-13)18-9-10-2-3-11(16)8-14(10)15(18)17/h2-3,8,12-13,17H,4-7,9H2,1H3. The molecule has 3 rings (SSSR count). The van der Waals surface area contributed by atoms with Gasteiger partial charge in [-0.1, -0.05) is 6.07 Å². The summed E-state index contributed by atoms with van der Waals surface area (Å²) >= 11 is 1.96. The lowest BCUT2D eigenvalue weighted by Gasteiger charge is -2.35. The molecule has 2 nitrogen and oxygen atoms in total. The molecule has 2 aliphatic rings. The van der Waals surface area contributed by atoms with Crippen LogP contribution in [0.1, 0.15) is 36.8 Å². The van der Waals surface area contributed by atoms with Gasteiger partial charge in [0.15, 0.2) is 0 Å². The Bertz CT molecular complexity index is 495. The van der Waals surface area contributed by atoms with Gasteiger partial charge in [0.2, 0.25) is 0 Å². The second-order valence-electron chi connectivity index (χ2n) is 5.44. The molecule has 0 saturated heterocycles. The van der Waals surface area contributed by atoms with Gasteiger partial charge in [0, 0.05) is 23.4 Å². The van der Waals surface area contributed by atoms with Gasteiger partial charge in [-0.15, -0.1) is 0 Å². The van der Waals surface area contributed by atoms with Crippen molar-refractivity contribution >= 4 is 17.6 Å². The Labute approximate surface area is 117 Å². The van der Waals surface area contributed by atoms with E-state index in [0.29, 0.717) is 11.9 Å². The van der Waals surface area contributed by atoms with E-state index in [4.69, 9.17) is 5.41 Å². The fraction of sp³-hybridized carbons (Fsp3) is 0.533. The normalized spacial score (nSPS) is 26.6. The minimum Gasteiger partial charge on any atom is -0.349 e. The third-order valence-corrected chi connectivity index (χ3v) is 5.51. The van der Waals surface area contributed by atoms with Crippen LogP contribution in [0.5, 0.6) is 0 Å². The third-order valence-electron chi connectivity index (χ3n) is 4.37. The van der Waals surface area contributed by atoms with Crippen LogP contribution < -0.4 is 0 Å². The smallest absolute Gasteiger partial charge is 0.129 e. The maximum Gasteiger partial charge on any atom is 0.129 e. The minimum absolute atomic E-state index is 0.239. The topological polar surface area (TPSA) is 27.1 Å². The third kappa shape index (κ3) is 2.38. The van der Waals surface area contributed by atoms with Crippen molar-refractivity contribution in [3.63, 3.8) is 0 Å². The first-order valence-corrected chi connectivity index (χ1v) is 8.14. The van der Waals surface area contributed by atoms with Crippen LogP contribution in [-0.4, -0.2) is 28.3 Å². The Morgan fingerprint density at radius 2 is 2.00 bits per heavy atom. The lowest BCUT2D eigenvalue weighted by molar-refractivity contribution is 0.248. The van der Waals surface area contributed by atoms with Crippen LogP contribution in [-0.2, 0) is 6.54 Å². The van der Waals surface area contributed by atoms with E-state index >= 15 is 0 Å². The van der Waals surface area contributed by atoms with Crippen molar-refractivity contribution in [1.29, 1.82) is 5.41 Å². The van der Waals surface area contributed by atoms with Gasteiger partial charge in [-0.25, -0.2) is 4.39 Å². The first-order valence-electron chi connectivity index (χ1n) is 6.86. The molecule has 19 heavy (non-hydrogen) atoms. The predicted molar refractivity (Wildman–Crippen MR) is 78.3 cm³/mol. The van der Waals surface area contributed by atoms with Crippen LogP contribution in [0.15, 0.2) is 18.2 Å². The van der Waals surface area contributed by atoms with E-state index < -0.39 is 0 Å². The summed E-state index contributed by atoms with van der Waals surface area (Å²) in [4.78, 5) is 2.17. The Balaban J connectivity index is 1.74. The molecule has 0 amide bonds. The quantitative estimate of drug-likeness (QED) is 0.894. The molecule has 1 saturated carbocycles. The molecule has 0 unspecified atom stereocenters. The van der Waals surface area contributed by atoms with Gasteiger partial charge in [-0.3, -0.25) is 5.41 Å². The first-order chi connectivity index (χ1) is 9.19. The fourth-order valence-corrected chi connectivity index (χ4v) is 3.97. The summed E-state index contributed by atoms with van der Waals surface area (Å²) in [5.74, 6) is 0.276. The Kier molecular flexibility index (Phi) is 3.52. The Hall–Kier alpha value is -1.03. The van der Waals surface area contributed by atoms with Crippen molar-refractivity contribution in [2.75, 3.05) is 6.26 Å². The molecule has 0 bridgehead atoms. The number of hydrogen-bond donors (Lipinski definition) is 1. The van der Waals surface area contributed by atoms with E-state index in [9.17, 15) is 4.39 Å². The second kappa shape index (κ2) is 5.16. The van der Waals surface area contributed by atoms with Gasteiger partial charge >= 0.3 is 0 Å². The minimum atomic E-state index is -0.239. The van der Waals surface area contributed by atoms with Crippen LogP contribution in [0.3, 0.4) is 0 Å². The number of nitrogens with zero attached hydrogens (tertiary/aromatic N) is 1. The molecule has 0 radical (unpaired) electrons. The molecule has 1 aliphatic heterocycles. The highest BCUT2D eigenvalue weighted by Crippen LogP contribution is 2.34. The highest BCUT2D eigenvalue weighted by atomic mass is 32.2. The summed E-state index contributed by atoms with van der Waals surface area (Å²) in [6.07, 6.45) is 6.97. The van der Waals surface area contributed by atoms with Gasteiger partial charge in [-0.05, 0) is 49.6 Å². The predicted octanol–water partition coefficient (Wildman–Crippen LogP) is 3.64. The summed E-state index contributed by atoms with van der Waals surface area (Å²) in [7, 11) is 0. The molecule has 0 aromatic heterocycles. The SMILES string of the molecule is CSC1CCC(N2Cc3ccc(F)cc3C2=N)CC1. The zero-order valence-electron chi connectivity index (χ0n) is 11.2. The van der Waals surface area contributed by atoms with Crippen LogP contribution in [0.2, 0.25) is 0 Å². The summed E-state index contributed by atoms with van der Waals surface area (Å²) in [5, 5.41) is 9.05. The second-order valence-corrected chi connectivity index (χ2v) is 6.58. The van der Waals surface area contributed by atoms with Crippen LogP contribution in [0, 0.1) is 11.2 Å². The average Bonchev–Trinajstić information content (AvgIpc) is 2.76. The molecule has 0 spiro atoms. The average molecular weight is 278 g/mol. The molecule has 1 aromatic rings. The van der Waals surface area contributed by atoms with Crippen molar-refractivity contribution in [1.82, 2.24) is 4.90 Å². The monoisotopic (exact) mass is 278 g/mol. The number of fused-ring (bicyclic) bond motifs is 1. The molecule has 1 aromatic carbocycles. The molecular formula is C15H19FN2S. The largest absolute Gasteiger partial charge is 0.349 e. The van der Waals surface area contributed by atoms with Crippen molar-refractivity contribution in [3.8, 4) is 0 Å². The van der Waals surface area contributed by atoms with E-state index in [1.165, 1.54) is 25.0 Å². The van der Waals surface area contributed by atoms with E-state index in [0.717, 1.165) is 35.8 Å². The van der Waals surface area contributed by atoms with Gasteiger partial charge in [0.1, 0.15) is 11.7 Å². The van der Waals surface area contributed by atoms with Crippen molar-refractivity contribution in [3.05, 3.63) is 35.1 Å². The lowest BCUT2D eigenvalue weighted by Crippen LogP contribution is -2.38. The summed E-state index contributed by atoms with van der Waals surface area (Å²) < 4.78 is 13.3. The lowest BCUT2D eigenvalue weighted by atomic mass is 9.94. The zero-order chi connectivity index (χ0) is 13.4. The van der Waals surface area contributed by atoms with E-state index in [1.807, 2.05) is 17.8 Å².